The van der Waals surface area contributed by atoms with E-state index in [0.29, 0.717) is 4.90 Å². The van der Waals surface area contributed by atoms with Gasteiger partial charge in [0.1, 0.15) is 0 Å². The number of rotatable bonds is 5. The number of sulfonamides is 1. The Morgan fingerprint density at radius 2 is 1.90 bits per heavy atom. The minimum absolute atomic E-state index is 0.0899. The molecule has 1 aromatic rings. The van der Waals surface area contributed by atoms with Gasteiger partial charge in [0, 0.05) is 10.5 Å². The van der Waals surface area contributed by atoms with Gasteiger partial charge in [-0.1, -0.05) is 35.7 Å². The standard InChI is InChI=1S/C16H24BrNO2S/c1-3-4-13-5-7-14(8-6-13)18-21(19,20)15-9-10-16(17)12(2)11-15/h9-11,13-14,18H,3-8H2,1-2H3. The van der Waals surface area contributed by atoms with E-state index >= 15 is 0 Å². The maximum atomic E-state index is 12.4. The van der Waals surface area contributed by atoms with Crippen LogP contribution in [0.5, 0.6) is 0 Å². The predicted octanol–water partition coefficient (Wildman–Crippen LogP) is 4.39. The number of hydrogen-bond acceptors (Lipinski definition) is 2. The molecule has 118 valence electrons. The van der Waals surface area contributed by atoms with Crippen LogP contribution in [0.1, 0.15) is 51.0 Å². The molecule has 1 N–H and O–H groups in total. The molecule has 1 saturated carbocycles. The van der Waals surface area contributed by atoms with Crippen molar-refractivity contribution in [2.45, 2.75) is 63.3 Å². The minimum Gasteiger partial charge on any atom is -0.208 e. The zero-order chi connectivity index (χ0) is 15.5. The van der Waals surface area contributed by atoms with Gasteiger partial charge in [0.25, 0.3) is 0 Å². The summed E-state index contributed by atoms with van der Waals surface area (Å²) < 4.78 is 28.7. The maximum absolute atomic E-state index is 12.4. The quantitative estimate of drug-likeness (QED) is 0.831. The maximum Gasteiger partial charge on any atom is 0.240 e. The topological polar surface area (TPSA) is 46.2 Å². The third-order valence-corrected chi connectivity index (χ3v) is 6.71. The van der Waals surface area contributed by atoms with Crippen LogP contribution in [0.4, 0.5) is 0 Å². The lowest BCUT2D eigenvalue weighted by atomic mass is 9.84. The first-order valence-corrected chi connectivity index (χ1v) is 9.98. The summed E-state index contributed by atoms with van der Waals surface area (Å²) in [6.45, 7) is 4.11. The van der Waals surface area contributed by atoms with Crippen molar-refractivity contribution in [3.05, 3.63) is 28.2 Å². The monoisotopic (exact) mass is 373 g/mol. The van der Waals surface area contributed by atoms with Gasteiger partial charge in [-0.15, -0.1) is 0 Å². The molecule has 0 heterocycles. The van der Waals surface area contributed by atoms with Gasteiger partial charge in [-0.05, 0) is 62.3 Å². The van der Waals surface area contributed by atoms with Gasteiger partial charge in [0.05, 0.1) is 4.90 Å². The Bertz CT molecular complexity index is 578. The molecule has 1 aliphatic rings. The molecular weight excluding hydrogens is 350 g/mol. The second kappa shape index (κ2) is 7.25. The number of halogens is 1. The SMILES string of the molecule is CCCC1CCC(NS(=O)(=O)c2ccc(Br)c(C)c2)CC1. The summed E-state index contributed by atoms with van der Waals surface area (Å²) in [4.78, 5) is 0.360. The van der Waals surface area contributed by atoms with E-state index in [4.69, 9.17) is 0 Å². The summed E-state index contributed by atoms with van der Waals surface area (Å²) >= 11 is 3.40. The molecule has 0 amide bonds. The van der Waals surface area contributed by atoms with E-state index in [1.165, 1.54) is 12.8 Å². The van der Waals surface area contributed by atoms with Crippen LogP contribution in [-0.4, -0.2) is 14.5 Å². The van der Waals surface area contributed by atoms with Crippen molar-refractivity contribution in [3.8, 4) is 0 Å². The van der Waals surface area contributed by atoms with Crippen LogP contribution in [0.15, 0.2) is 27.6 Å². The first kappa shape index (κ1) is 17.0. The van der Waals surface area contributed by atoms with Gasteiger partial charge in [-0.25, -0.2) is 13.1 Å². The van der Waals surface area contributed by atoms with Gasteiger partial charge < -0.3 is 0 Å². The van der Waals surface area contributed by atoms with Gasteiger partial charge in [0.15, 0.2) is 0 Å². The van der Waals surface area contributed by atoms with Crippen molar-refractivity contribution in [1.29, 1.82) is 0 Å². The molecule has 2 rings (SSSR count). The third-order valence-electron chi connectivity index (χ3n) is 4.31. The molecule has 1 aliphatic carbocycles. The van der Waals surface area contributed by atoms with E-state index in [1.54, 1.807) is 18.2 Å². The van der Waals surface area contributed by atoms with E-state index in [2.05, 4.69) is 27.6 Å². The summed E-state index contributed by atoms with van der Waals surface area (Å²) in [5.41, 5.74) is 0.935. The highest BCUT2D eigenvalue weighted by molar-refractivity contribution is 9.10. The molecule has 0 bridgehead atoms. The van der Waals surface area contributed by atoms with Crippen LogP contribution >= 0.6 is 15.9 Å². The van der Waals surface area contributed by atoms with E-state index in [9.17, 15) is 8.42 Å². The molecular formula is C16H24BrNO2S. The summed E-state index contributed by atoms with van der Waals surface area (Å²) in [7, 11) is -3.40. The van der Waals surface area contributed by atoms with Crippen LogP contribution < -0.4 is 4.72 Å². The zero-order valence-corrected chi connectivity index (χ0v) is 15.1. The molecule has 1 fully saturated rings. The second-order valence-corrected chi connectivity index (χ2v) is 8.61. The van der Waals surface area contributed by atoms with Crippen LogP contribution in [0.2, 0.25) is 0 Å². The van der Waals surface area contributed by atoms with E-state index < -0.39 is 10.0 Å². The van der Waals surface area contributed by atoms with Crippen LogP contribution in [0.3, 0.4) is 0 Å². The summed E-state index contributed by atoms with van der Waals surface area (Å²) in [5.74, 6) is 0.783. The zero-order valence-electron chi connectivity index (χ0n) is 12.7. The second-order valence-electron chi connectivity index (χ2n) is 6.04. The third kappa shape index (κ3) is 4.54. The number of benzene rings is 1. The van der Waals surface area contributed by atoms with Gasteiger partial charge in [0.2, 0.25) is 10.0 Å². The van der Waals surface area contributed by atoms with Crippen molar-refractivity contribution in [2.24, 2.45) is 5.92 Å². The Hall–Kier alpha value is -0.390. The molecule has 1 aromatic carbocycles. The highest BCUT2D eigenvalue weighted by Gasteiger charge is 2.25. The van der Waals surface area contributed by atoms with Gasteiger partial charge in [-0.3, -0.25) is 0 Å². The Morgan fingerprint density at radius 1 is 1.24 bits per heavy atom. The van der Waals surface area contributed by atoms with E-state index in [0.717, 1.165) is 41.6 Å². The summed E-state index contributed by atoms with van der Waals surface area (Å²) in [5, 5.41) is 0. The van der Waals surface area contributed by atoms with Crippen molar-refractivity contribution >= 4 is 26.0 Å². The molecule has 0 radical (unpaired) electrons. The smallest absolute Gasteiger partial charge is 0.208 e. The fraction of sp³-hybridized carbons (Fsp3) is 0.625. The molecule has 0 aromatic heterocycles. The number of hydrogen-bond donors (Lipinski definition) is 1. The van der Waals surface area contributed by atoms with E-state index in [1.807, 2.05) is 6.92 Å². The molecule has 0 spiro atoms. The number of aryl methyl sites for hydroxylation is 1. The minimum atomic E-state index is -3.40. The predicted molar refractivity (Wildman–Crippen MR) is 89.9 cm³/mol. The highest BCUT2D eigenvalue weighted by Crippen LogP contribution is 2.29. The van der Waals surface area contributed by atoms with Crippen molar-refractivity contribution in [1.82, 2.24) is 4.72 Å². The molecule has 3 nitrogen and oxygen atoms in total. The first-order valence-electron chi connectivity index (χ1n) is 7.71. The lowest BCUT2D eigenvalue weighted by Crippen LogP contribution is -2.37. The fourth-order valence-electron chi connectivity index (χ4n) is 3.05. The number of nitrogens with one attached hydrogen (secondary N) is 1. The Morgan fingerprint density at radius 3 is 2.48 bits per heavy atom. The summed E-state index contributed by atoms with van der Waals surface area (Å²) in [6.07, 6.45) is 6.68. The lowest BCUT2D eigenvalue weighted by molar-refractivity contribution is 0.297. The van der Waals surface area contributed by atoms with Crippen LogP contribution in [0.25, 0.3) is 0 Å². The summed E-state index contributed by atoms with van der Waals surface area (Å²) in [6, 6.07) is 5.26. The Kier molecular flexibility index (Phi) is 5.86. The first-order chi connectivity index (χ1) is 9.92. The molecule has 5 heteroatoms. The average molecular weight is 374 g/mol. The van der Waals surface area contributed by atoms with Crippen LogP contribution in [0, 0.1) is 12.8 Å². The van der Waals surface area contributed by atoms with Gasteiger partial charge in [-0.2, -0.15) is 0 Å². The van der Waals surface area contributed by atoms with Crippen molar-refractivity contribution < 1.29 is 8.42 Å². The highest BCUT2D eigenvalue weighted by atomic mass is 79.9. The molecule has 0 atom stereocenters. The largest absolute Gasteiger partial charge is 0.240 e. The average Bonchev–Trinajstić information content (AvgIpc) is 2.44. The Labute approximate surface area is 136 Å². The van der Waals surface area contributed by atoms with E-state index in [-0.39, 0.29) is 6.04 Å². The molecule has 21 heavy (non-hydrogen) atoms. The van der Waals surface area contributed by atoms with Gasteiger partial charge >= 0.3 is 0 Å². The fourth-order valence-corrected chi connectivity index (χ4v) is 4.69. The molecule has 0 aliphatic heterocycles. The molecule has 0 unspecified atom stereocenters. The molecule has 0 saturated heterocycles. The Balaban J connectivity index is 2.00. The lowest BCUT2D eigenvalue weighted by Gasteiger charge is -2.28. The normalized spacial score (nSPS) is 23.2. The van der Waals surface area contributed by atoms with Crippen LogP contribution in [-0.2, 0) is 10.0 Å². The van der Waals surface area contributed by atoms with Crippen molar-refractivity contribution in [2.75, 3.05) is 0 Å². The van der Waals surface area contributed by atoms with Crippen molar-refractivity contribution in [3.63, 3.8) is 0 Å².